The third-order valence-electron chi connectivity index (χ3n) is 6.49. The Labute approximate surface area is 231 Å². The lowest BCUT2D eigenvalue weighted by atomic mass is 9.94. The van der Waals surface area contributed by atoms with Gasteiger partial charge in [-0.1, -0.05) is 82.2 Å². The molecule has 0 saturated carbocycles. The Morgan fingerprint density at radius 3 is 1.97 bits per heavy atom. The van der Waals surface area contributed by atoms with Crippen molar-refractivity contribution in [3.05, 3.63) is 34.9 Å². The number of nitrogens with one attached hydrogen (secondary N) is 2. The summed E-state index contributed by atoms with van der Waals surface area (Å²) in [6.45, 7) is 19.7. The van der Waals surface area contributed by atoms with Crippen LogP contribution in [0.1, 0.15) is 117 Å². The highest BCUT2D eigenvalue weighted by Crippen LogP contribution is 2.27. The molecule has 7 nitrogen and oxygen atoms in total. The number of carbonyl (C=O) groups is 3. The lowest BCUT2D eigenvalue weighted by molar-refractivity contribution is -0.143. The molecular formula is C31H53N3O4. The molecule has 38 heavy (non-hydrogen) atoms. The van der Waals surface area contributed by atoms with Crippen molar-refractivity contribution in [2.75, 3.05) is 6.54 Å². The van der Waals surface area contributed by atoms with E-state index >= 15 is 0 Å². The summed E-state index contributed by atoms with van der Waals surface area (Å²) in [5.41, 5.74) is 2.15. The number of nitrogens with zero attached hydrogens (tertiary/aromatic N) is 1. The molecular weight excluding hydrogens is 478 g/mol. The largest absolute Gasteiger partial charge is 0.444 e. The Hall–Kier alpha value is -2.57. The monoisotopic (exact) mass is 531 g/mol. The van der Waals surface area contributed by atoms with E-state index < -0.39 is 23.8 Å². The predicted molar refractivity (Wildman–Crippen MR) is 155 cm³/mol. The Kier molecular flexibility index (Phi) is 13.9. The van der Waals surface area contributed by atoms with Crippen molar-refractivity contribution in [3.63, 3.8) is 0 Å². The summed E-state index contributed by atoms with van der Waals surface area (Å²) in [7, 11) is 0. The van der Waals surface area contributed by atoms with E-state index in [0.717, 1.165) is 48.8 Å². The zero-order valence-corrected chi connectivity index (χ0v) is 25.6. The standard InChI is InChI=1S/C31H53N3O4/c1-11-13-14-15-16-17-34(29(36)26(24(7)12-2)33-30(37)38-31(8,9)10)27(28(35)32-21(3)4)25-19-22(5)18-23(6)20-25/h18-21,24,26-27H,11-17H2,1-10H3,(H,32,35)(H,33,37). The highest BCUT2D eigenvalue weighted by molar-refractivity contribution is 5.92. The van der Waals surface area contributed by atoms with Gasteiger partial charge in [-0.05, 0) is 66.4 Å². The van der Waals surface area contributed by atoms with Gasteiger partial charge in [-0.3, -0.25) is 9.59 Å². The summed E-state index contributed by atoms with van der Waals surface area (Å²) in [5, 5.41) is 5.88. The number of ether oxygens (including phenoxy) is 1. The van der Waals surface area contributed by atoms with Crippen molar-refractivity contribution < 1.29 is 19.1 Å². The lowest BCUT2D eigenvalue weighted by Crippen LogP contribution is -2.55. The Morgan fingerprint density at radius 1 is 0.895 bits per heavy atom. The first-order valence-corrected chi connectivity index (χ1v) is 14.4. The van der Waals surface area contributed by atoms with Crippen LogP contribution in [0.15, 0.2) is 18.2 Å². The smallest absolute Gasteiger partial charge is 0.408 e. The summed E-state index contributed by atoms with van der Waals surface area (Å²) >= 11 is 0. The molecule has 3 atom stereocenters. The van der Waals surface area contributed by atoms with Gasteiger partial charge < -0.3 is 20.3 Å². The van der Waals surface area contributed by atoms with Crippen LogP contribution in [0.5, 0.6) is 0 Å². The maximum absolute atomic E-state index is 14.3. The van der Waals surface area contributed by atoms with Gasteiger partial charge in [0.05, 0.1) is 0 Å². The molecule has 0 heterocycles. The third kappa shape index (κ3) is 11.4. The van der Waals surface area contributed by atoms with Crippen molar-refractivity contribution in [1.29, 1.82) is 0 Å². The fraction of sp³-hybridized carbons (Fsp3) is 0.710. The molecule has 2 N–H and O–H groups in total. The number of hydrogen-bond donors (Lipinski definition) is 2. The van der Waals surface area contributed by atoms with Crippen LogP contribution in [0.25, 0.3) is 0 Å². The third-order valence-corrected chi connectivity index (χ3v) is 6.49. The number of benzene rings is 1. The highest BCUT2D eigenvalue weighted by Gasteiger charge is 2.38. The first-order valence-electron chi connectivity index (χ1n) is 14.4. The van der Waals surface area contributed by atoms with Crippen molar-refractivity contribution in [2.45, 2.75) is 131 Å². The molecule has 0 bridgehead atoms. The number of hydrogen-bond acceptors (Lipinski definition) is 4. The highest BCUT2D eigenvalue weighted by atomic mass is 16.6. The van der Waals surface area contributed by atoms with E-state index in [1.807, 2.05) is 53.7 Å². The van der Waals surface area contributed by atoms with E-state index in [1.54, 1.807) is 25.7 Å². The van der Waals surface area contributed by atoms with Crippen LogP contribution in [0.3, 0.4) is 0 Å². The molecule has 1 aromatic carbocycles. The maximum atomic E-state index is 14.3. The Bertz CT molecular complexity index is 887. The number of alkyl carbamates (subject to hydrolysis) is 1. The van der Waals surface area contributed by atoms with Crippen LogP contribution < -0.4 is 10.6 Å². The molecule has 0 aliphatic heterocycles. The maximum Gasteiger partial charge on any atom is 0.408 e. The number of carbonyl (C=O) groups excluding carboxylic acids is 3. The molecule has 1 rings (SSSR count). The number of rotatable bonds is 14. The minimum Gasteiger partial charge on any atom is -0.444 e. The average Bonchev–Trinajstić information content (AvgIpc) is 2.78. The molecule has 0 aliphatic rings. The van der Waals surface area contributed by atoms with Crippen molar-refractivity contribution >= 4 is 17.9 Å². The van der Waals surface area contributed by atoms with Crippen LogP contribution in [0.4, 0.5) is 4.79 Å². The van der Waals surface area contributed by atoms with E-state index in [9.17, 15) is 14.4 Å². The molecule has 3 amide bonds. The normalized spacial score (nSPS) is 14.0. The molecule has 0 spiro atoms. The van der Waals surface area contributed by atoms with E-state index in [-0.39, 0.29) is 23.8 Å². The number of amides is 3. The second-order valence-electron chi connectivity index (χ2n) is 11.9. The number of aryl methyl sites for hydroxylation is 2. The number of unbranched alkanes of at least 4 members (excludes halogenated alkanes) is 4. The van der Waals surface area contributed by atoms with E-state index in [4.69, 9.17) is 4.74 Å². The zero-order chi connectivity index (χ0) is 29.0. The lowest BCUT2D eigenvalue weighted by Gasteiger charge is -2.36. The first-order chi connectivity index (χ1) is 17.7. The molecule has 0 fully saturated rings. The van der Waals surface area contributed by atoms with Crippen LogP contribution >= 0.6 is 0 Å². The summed E-state index contributed by atoms with van der Waals surface area (Å²) in [6.07, 6.45) is 5.14. The second kappa shape index (κ2) is 15.7. The molecule has 216 valence electrons. The van der Waals surface area contributed by atoms with Crippen LogP contribution in [-0.4, -0.2) is 47.0 Å². The topological polar surface area (TPSA) is 87.7 Å². The zero-order valence-electron chi connectivity index (χ0n) is 25.6. The van der Waals surface area contributed by atoms with E-state index in [1.165, 1.54) is 0 Å². The minimum absolute atomic E-state index is 0.0809. The summed E-state index contributed by atoms with van der Waals surface area (Å²) in [5.74, 6) is -0.624. The van der Waals surface area contributed by atoms with Gasteiger partial charge in [0, 0.05) is 12.6 Å². The van der Waals surface area contributed by atoms with Crippen LogP contribution in [0.2, 0.25) is 0 Å². The van der Waals surface area contributed by atoms with Gasteiger partial charge in [0.1, 0.15) is 17.7 Å². The summed E-state index contributed by atoms with van der Waals surface area (Å²) in [6, 6.07) is 4.32. The van der Waals surface area contributed by atoms with Crippen LogP contribution in [0, 0.1) is 19.8 Å². The van der Waals surface area contributed by atoms with Crippen LogP contribution in [-0.2, 0) is 14.3 Å². The van der Waals surface area contributed by atoms with Gasteiger partial charge in [-0.2, -0.15) is 0 Å². The second-order valence-corrected chi connectivity index (χ2v) is 11.9. The van der Waals surface area contributed by atoms with Crippen molar-refractivity contribution in [2.24, 2.45) is 5.92 Å². The first kappa shape index (κ1) is 33.5. The fourth-order valence-corrected chi connectivity index (χ4v) is 4.55. The molecule has 3 unspecified atom stereocenters. The van der Waals surface area contributed by atoms with Gasteiger partial charge in [-0.15, -0.1) is 0 Å². The SMILES string of the molecule is CCCCCCCN(C(=O)C(NC(=O)OC(C)(C)C)C(C)CC)C(C(=O)NC(C)C)c1cc(C)cc(C)c1. The molecule has 0 radical (unpaired) electrons. The van der Waals surface area contributed by atoms with E-state index in [2.05, 4.69) is 23.6 Å². The van der Waals surface area contributed by atoms with Gasteiger partial charge in [0.2, 0.25) is 11.8 Å². The van der Waals surface area contributed by atoms with Crippen molar-refractivity contribution in [1.82, 2.24) is 15.5 Å². The van der Waals surface area contributed by atoms with Crippen molar-refractivity contribution in [3.8, 4) is 0 Å². The van der Waals surface area contributed by atoms with Gasteiger partial charge in [0.25, 0.3) is 0 Å². The Morgan fingerprint density at radius 2 is 1.47 bits per heavy atom. The molecule has 1 aromatic rings. The summed E-state index contributed by atoms with van der Waals surface area (Å²) in [4.78, 5) is 42.5. The predicted octanol–water partition coefficient (Wildman–Crippen LogP) is 6.61. The fourth-order valence-electron chi connectivity index (χ4n) is 4.55. The Balaban J connectivity index is 3.55. The summed E-state index contributed by atoms with van der Waals surface area (Å²) < 4.78 is 5.49. The minimum atomic E-state index is -0.814. The van der Waals surface area contributed by atoms with E-state index in [0.29, 0.717) is 13.0 Å². The molecule has 0 saturated heterocycles. The quantitative estimate of drug-likeness (QED) is 0.265. The average molecular weight is 532 g/mol. The molecule has 0 aromatic heterocycles. The van der Waals surface area contributed by atoms with Gasteiger partial charge >= 0.3 is 6.09 Å². The molecule has 0 aliphatic carbocycles. The molecule has 7 heteroatoms. The van der Waals surface area contributed by atoms with Gasteiger partial charge in [-0.25, -0.2) is 4.79 Å². The van der Waals surface area contributed by atoms with Gasteiger partial charge in [0.15, 0.2) is 0 Å².